The average Bonchev–Trinajstić information content (AvgIpc) is 2.27. The number of hydrogen-bond donors (Lipinski definition) is 0. The molecule has 0 spiro atoms. The summed E-state index contributed by atoms with van der Waals surface area (Å²) in [6, 6.07) is 1.63. The van der Waals surface area contributed by atoms with Gasteiger partial charge in [0.05, 0.1) is 0 Å². The van der Waals surface area contributed by atoms with Crippen LogP contribution in [0, 0.1) is 13.8 Å². The number of carbonyl (C=O) groups excluding carboxylic acids is 2. The first-order chi connectivity index (χ1) is 8.36. The van der Waals surface area contributed by atoms with Crippen LogP contribution < -0.4 is 9.47 Å². The van der Waals surface area contributed by atoms with Crippen LogP contribution in [0.2, 0.25) is 0 Å². The van der Waals surface area contributed by atoms with Crippen LogP contribution in [-0.4, -0.2) is 11.9 Å². The lowest BCUT2D eigenvalue weighted by molar-refractivity contribution is -0.133. The van der Waals surface area contributed by atoms with Gasteiger partial charge >= 0.3 is 11.9 Å². The van der Waals surface area contributed by atoms with E-state index in [0.717, 1.165) is 11.1 Å². The highest BCUT2D eigenvalue weighted by molar-refractivity contribution is 5.75. The molecule has 1 aromatic carbocycles. The molecule has 4 heteroatoms. The fraction of sp³-hybridized carbons (Fsp3) is 0.286. The van der Waals surface area contributed by atoms with E-state index in [1.54, 1.807) is 26.0 Å². The molecule has 0 radical (unpaired) electrons. The summed E-state index contributed by atoms with van der Waals surface area (Å²) in [6.07, 6.45) is 1.55. The van der Waals surface area contributed by atoms with Gasteiger partial charge < -0.3 is 9.47 Å². The number of hydrogen-bond acceptors (Lipinski definition) is 4. The molecule has 0 saturated heterocycles. The van der Waals surface area contributed by atoms with Crippen LogP contribution >= 0.6 is 0 Å². The second-order valence-corrected chi connectivity index (χ2v) is 3.93. The van der Waals surface area contributed by atoms with Crippen molar-refractivity contribution >= 4 is 18.0 Å². The molecule has 0 saturated carbocycles. The summed E-state index contributed by atoms with van der Waals surface area (Å²) in [6.45, 7) is 9.93. The summed E-state index contributed by atoms with van der Waals surface area (Å²) in [5, 5.41) is 0. The van der Waals surface area contributed by atoms with Gasteiger partial charge in [0, 0.05) is 19.4 Å². The zero-order chi connectivity index (χ0) is 13.9. The van der Waals surface area contributed by atoms with E-state index in [1.165, 1.54) is 13.8 Å². The van der Waals surface area contributed by atoms with Crippen molar-refractivity contribution in [2.24, 2.45) is 0 Å². The van der Waals surface area contributed by atoms with E-state index in [-0.39, 0.29) is 0 Å². The van der Waals surface area contributed by atoms with E-state index >= 15 is 0 Å². The van der Waals surface area contributed by atoms with Gasteiger partial charge in [0.1, 0.15) is 11.5 Å². The summed E-state index contributed by atoms with van der Waals surface area (Å²) >= 11 is 0. The predicted molar refractivity (Wildman–Crippen MR) is 68.6 cm³/mol. The van der Waals surface area contributed by atoms with Crippen molar-refractivity contribution in [3.63, 3.8) is 0 Å². The Hall–Kier alpha value is -2.10. The summed E-state index contributed by atoms with van der Waals surface area (Å²) in [4.78, 5) is 22.1. The van der Waals surface area contributed by atoms with Crippen molar-refractivity contribution in [3.8, 4) is 11.5 Å². The molecule has 0 aliphatic heterocycles. The minimum absolute atomic E-state index is 0.396. The molecule has 1 aromatic rings. The Bertz CT molecular complexity index is 515. The van der Waals surface area contributed by atoms with E-state index in [4.69, 9.17) is 9.47 Å². The van der Waals surface area contributed by atoms with Crippen molar-refractivity contribution in [2.75, 3.05) is 0 Å². The first-order valence-corrected chi connectivity index (χ1v) is 5.50. The lowest BCUT2D eigenvalue weighted by atomic mass is 10.0. The second kappa shape index (κ2) is 5.49. The fourth-order valence-corrected chi connectivity index (χ4v) is 1.58. The molecular formula is C14H16O4. The van der Waals surface area contributed by atoms with Crippen LogP contribution in [0.15, 0.2) is 12.6 Å². The van der Waals surface area contributed by atoms with Crippen molar-refractivity contribution in [3.05, 3.63) is 29.3 Å². The molecular weight excluding hydrogens is 232 g/mol. The molecule has 4 nitrogen and oxygen atoms in total. The van der Waals surface area contributed by atoms with Gasteiger partial charge in [-0.05, 0) is 31.0 Å². The highest BCUT2D eigenvalue weighted by atomic mass is 16.5. The third-order valence-corrected chi connectivity index (χ3v) is 2.54. The van der Waals surface area contributed by atoms with E-state index in [2.05, 4.69) is 6.58 Å². The Kier molecular flexibility index (Phi) is 4.26. The number of carbonyl (C=O) groups is 2. The zero-order valence-electron chi connectivity index (χ0n) is 11.0. The predicted octanol–water partition coefficient (Wildman–Crippen LogP) is 2.80. The molecule has 0 aliphatic carbocycles. The average molecular weight is 248 g/mol. The van der Waals surface area contributed by atoms with E-state index < -0.39 is 11.9 Å². The third kappa shape index (κ3) is 2.97. The first kappa shape index (κ1) is 14.0. The molecule has 0 N–H and O–H groups in total. The van der Waals surface area contributed by atoms with Gasteiger partial charge in [-0.3, -0.25) is 9.59 Å². The van der Waals surface area contributed by atoms with Crippen molar-refractivity contribution < 1.29 is 19.1 Å². The fourth-order valence-electron chi connectivity index (χ4n) is 1.58. The maximum Gasteiger partial charge on any atom is 0.308 e. The molecule has 1 rings (SSSR count). The maximum atomic E-state index is 11.1. The molecule has 0 fully saturated rings. The zero-order valence-corrected chi connectivity index (χ0v) is 11.0. The molecule has 18 heavy (non-hydrogen) atoms. The lowest BCUT2D eigenvalue weighted by Gasteiger charge is -2.15. The van der Waals surface area contributed by atoms with Crippen molar-refractivity contribution in [1.82, 2.24) is 0 Å². The largest absolute Gasteiger partial charge is 0.426 e. The summed E-state index contributed by atoms with van der Waals surface area (Å²) in [5.41, 5.74) is 2.12. The third-order valence-electron chi connectivity index (χ3n) is 2.54. The first-order valence-electron chi connectivity index (χ1n) is 5.50. The van der Waals surface area contributed by atoms with E-state index in [0.29, 0.717) is 17.1 Å². The highest BCUT2D eigenvalue weighted by Gasteiger charge is 2.15. The molecule has 0 amide bonds. The van der Waals surface area contributed by atoms with Gasteiger partial charge in [-0.2, -0.15) is 0 Å². The molecule has 0 aliphatic rings. The Balaban J connectivity index is 3.38. The van der Waals surface area contributed by atoms with Crippen LogP contribution in [-0.2, 0) is 9.59 Å². The molecule has 0 heterocycles. The van der Waals surface area contributed by atoms with Gasteiger partial charge in [0.2, 0.25) is 0 Å². The second-order valence-electron chi connectivity index (χ2n) is 3.93. The minimum Gasteiger partial charge on any atom is -0.426 e. The maximum absolute atomic E-state index is 11.1. The van der Waals surface area contributed by atoms with Crippen LogP contribution in [0.4, 0.5) is 0 Å². The van der Waals surface area contributed by atoms with Gasteiger partial charge in [-0.15, -0.1) is 0 Å². The van der Waals surface area contributed by atoms with Crippen LogP contribution in [0.1, 0.15) is 30.5 Å². The number of ether oxygens (including phenoxy) is 2. The highest BCUT2D eigenvalue weighted by Crippen LogP contribution is 2.34. The monoisotopic (exact) mass is 248 g/mol. The van der Waals surface area contributed by atoms with Crippen molar-refractivity contribution in [1.29, 1.82) is 0 Å². The van der Waals surface area contributed by atoms with Gasteiger partial charge in [-0.25, -0.2) is 0 Å². The SMILES string of the molecule is C=Cc1cc(OC(C)=O)c(C)c(C)c1OC(C)=O. The molecule has 96 valence electrons. The molecule has 0 unspecified atom stereocenters. The summed E-state index contributed by atoms with van der Waals surface area (Å²) in [5.74, 6) is 0.102. The quantitative estimate of drug-likeness (QED) is 0.609. The van der Waals surface area contributed by atoms with Crippen LogP contribution in [0.5, 0.6) is 11.5 Å². The number of rotatable bonds is 3. The van der Waals surface area contributed by atoms with E-state index in [9.17, 15) is 9.59 Å². The van der Waals surface area contributed by atoms with Crippen LogP contribution in [0.3, 0.4) is 0 Å². The standard InChI is InChI=1S/C14H16O4/c1-6-12-7-13(17-10(4)15)8(2)9(3)14(12)18-11(5)16/h6-7H,1H2,2-5H3. The summed E-state index contributed by atoms with van der Waals surface area (Å²) in [7, 11) is 0. The van der Waals surface area contributed by atoms with E-state index in [1.807, 2.05) is 0 Å². The van der Waals surface area contributed by atoms with Crippen molar-refractivity contribution in [2.45, 2.75) is 27.7 Å². The van der Waals surface area contributed by atoms with Crippen LogP contribution in [0.25, 0.3) is 6.08 Å². The van der Waals surface area contributed by atoms with Gasteiger partial charge in [0.25, 0.3) is 0 Å². The lowest BCUT2D eigenvalue weighted by Crippen LogP contribution is -2.08. The molecule has 0 bridgehead atoms. The Morgan fingerprint density at radius 1 is 1.11 bits per heavy atom. The molecule has 0 aromatic heterocycles. The van der Waals surface area contributed by atoms with Gasteiger partial charge in [0.15, 0.2) is 0 Å². The number of benzene rings is 1. The van der Waals surface area contributed by atoms with Gasteiger partial charge in [-0.1, -0.05) is 12.7 Å². The summed E-state index contributed by atoms with van der Waals surface area (Å²) < 4.78 is 10.3. The smallest absolute Gasteiger partial charge is 0.308 e. The Morgan fingerprint density at radius 3 is 2.11 bits per heavy atom. The minimum atomic E-state index is -0.402. The normalized spacial score (nSPS) is 9.78. The molecule has 0 atom stereocenters. The topological polar surface area (TPSA) is 52.6 Å². The number of esters is 2. The Morgan fingerprint density at radius 2 is 1.67 bits per heavy atom. The Labute approximate surface area is 106 Å².